The maximum absolute atomic E-state index is 11.8. The maximum Gasteiger partial charge on any atom is 0.276 e. The lowest BCUT2D eigenvalue weighted by Gasteiger charge is -2.04. The van der Waals surface area contributed by atoms with E-state index in [1.54, 1.807) is 12.1 Å². The van der Waals surface area contributed by atoms with Crippen molar-refractivity contribution in [1.82, 2.24) is 20.2 Å². The van der Waals surface area contributed by atoms with Crippen molar-refractivity contribution in [1.29, 1.82) is 0 Å². The topological polar surface area (TPSA) is 92.7 Å². The summed E-state index contributed by atoms with van der Waals surface area (Å²) >= 11 is 0. The van der Waals surface area contributed by atoms with Crippen molar-refractivity contribution in [2.45, 2.75) is 6.92 Å². The Balaban J connectivity index is 2.05. The molecule has 0 saturated carbocycles. The first-order valence-electron chi connectivity index (χ1n) is 5.43. The number of carbonyl (C=O) groups is 1. The lowest BCUT2D eigenvalue weighted by atomic mass is 10.3. The third kappa shape index (κ3) is 2.97. The molecule has 2 aromatic rings. The van der Waals surface area contributed by atoms with Crippen LogP contribution in [0.4, 0.5) is 11.5 Å². The van der Waals surface area contributed by atoms with Gasteiger partial charge in [0.25, 0.3) is 5.91 Å². The zero-order valence-corrected chi connectivity index (χ0v) is 9.79. The monoisotopic (exact) mass is 244 g/mol. The van der Waals surface area contributed by atoms with Gasteiger partial charge in [-0.3, -0.25) is 4.79 Å². The number of nitrogens with one attached hydrogen (secondary N) is 2. The summed E-state index contributed by atoms with van der Waals surface area (Å²) in [4.78, 5) is 19.4. The molecular weight excluding hydrogens is 232 g/mol. The van der Waals surface area contributed by atoms with Crippen LogP contribution in [0.2, 0.25) is 0 Å². The predicted octanol–water partition coefficient (Wildman–Crippen LogP) is 0.951. The second-order valence-corrected chi connectivity index (χ2v) is 3.42. The van der Waals surface area contributed by atoms with Gasteiger partial charge in [0.1, 0.15) is 12.1 Å². The average molecular weight is 244 g/mol. The predicted molar refractivity (Wildman–Crippen MR) is 66.2 cm³/mol. The minimum absolute atomic E-state index is 0.237. The highest BCUT2D eigenvalue weighted by molar-refractivity contribution is 6.02. The molecule has 1 amide bonds. The Morgan fingerprint density at radius 1 is 1.22 bits per heavy atom. The van der Waals surface area contributed by atoms with Gasteiger partial charge in [0.05, 0.1) is 18.1 Å². The summed E-state index contributed by atoms with van der Waals surface area (Å²) in [7, 11) is 0. The van der Waals surface area contributed by atoms with Gasteiger partial charge in [0, 0.05) is 6.54 Å². The van der Waals surface area contributed by atoms with Crippen LogP contribution in [0.1, 0.15) is 17.4 Å². The molecule has 92 valence electrons. The summed E-state index contributed by atoms with van der Waals surface area (Å²) in [5.74, 6) is 0.289. The van der Waals surface area contributed by atoms with Crippen LogP contribution in [-0.4, -0.2) is 32.6 Å². The molecular formula is C11H12N6O. The van der Waals surface area contributed by atoms with Crippen LogP contribution in [0, 0.1) is 0 Å². The number of anilines is 2. The van der Waals surface area contributed by atoms with Gasteiger partial charge in [-0.15, -0.1) is 10.2 Å². The van der Waals surface area contributed by atoms with Gasteiger partial charge in [0.15, 0.2) is 5.69 Å². The largest absolute Gasteiger partial charge is 0.369 e. The van der Waals surface area contributed by atoms with E-state index in [0.717, 1.165) is 6.54 Å². The quantitative estimate of drug-likeness (QED) is 0.831. The fourth-order valence-electron chi connectivity index (χ4n) is 1.29. The van der Waals surface area contributed by atoms with E-state index in [0.29, 0.717) is 11.5 Å². The molecule has 0 fully saturated rings. The number of rotatable bonds is 4. The van der Waals surface area contributed by atoms with Crippen LogP contribution in [0.5, 0.6) is 0 Å². The molecule has 0 atom stereocenters. The van der Waals surface area contributed by atoms with Crippen molar-refractivity contribution in [3.63, 3.8) is 0 Å². The molecule has 7 nitrogen and oxygen atoms in total. The fourth-order valence-corrected chi connectivity index (χ4v) is 1.29. The molecule has 18 heavy (non-hydrogen) atoms. The summed E-state index contributed by atoms with van der Waals surface area (Å²) in [6.45, 7) is 2.71. The molecule has 0 bridgehead atoms. The molecule has 2 heterocycles. The van der Waals surface area contributed by atoms with E-state index in [4.69, 9.17) is 0 Å². The molecule has 0 aliphatic carbocycles. The van der Waals surface area contributed by atoms with Gasteiger partial charge in [-0.05, 0) is 19.1 Å². The zero-order chi connectivity index (χ0) is 12.8. The number of nitrogens with zero attached hydrogens (tertiary/aromatic N) is 4. The molecule has 0 radical (unpaired) electrons. The zero-order valence-electron chi connectivity index (χ0n) is 9.79. The second-order valence-electron chi connectivity index (χ2n) is 3.42. The molecule has 0 saturated heterocycles. The Labute approximate surface area is 104 Å². The van der Waals surface area contributed by atoms with Gasteiger partial charge in [-0.1, -0.05) is 0 Å². The molecule has 0 aromatic carbocycles. The minimum atomic E-state index is -0.347. The van der Waals surface area contributed by atoms with Gasteiger partial charge in [-0.25, -0.2) is 9.97 Å². The van der Waals surface area contributed by atoms with Crippen molar-refractivity contribution < 1.29 is 4.79 Å². The highest BCUT2D eigenvalue weighted by Crippen LogP contribution is 2.05. The summed E-state index contributed by atoms with van der Waals surface area (Å²) in [5, 5.41) is 13.3. The normalized spacial score (nSPS) is 9.83. The van der Waals surface area contributed by atoms with Crippen LogP contribution in [0.3, 0.4) is 0 Å². The third-order valence-electron chi connectivity index (χ3n) is 2.07. The number of amides is 1. The molecule has 2 rings (SSSR count). The van der Waals surface area contributed by atoms with Crippen LogP contribution < -0.4 is 10.6 Å². The third-order valence-corrected chi connectivity index (χ3v) is 2.07. The Morgan fingerprint density at radius 3 is 2.61 bits per heavy atom. The van der Waals surface area contributed by atoms with E-state index in [2.05, 4.69) is 30.8 Å². The Morgan fingerprint density at radius 2 is 2.00 bits per heavy atom. The van der Waals surface area contributed by atoms with E-state index in [1.807, 2.05) is 6.92 Å². The molecule has 0 aliphatic heterocycles. The highest BCUT2D eigenvalue weighted by Gasteiger charge is 2.08. The Hall–Kier alpha value is -2.57. The van der Waals surface area contributed by atoms with Crippen LogP contribution in [0.25, 0.3) is 0 Å². The summed E-state index contributed by atoms with van der Waals surface area (Å²) in [6, 6.07) is 3.30. The first kappa shape index (κ1) is 11.9. The molecule has 0 aliphatic rings. The van der Waals surface area contributed by atoms with E-state index < -0.39 is 0 Å². The lowest BCUT2D eigenvalue weighted by molar-refractivity contribution is 0.102. The van der Waals surface area contributed by atoms with E-state index >= 15 is 0 Å². The minimum Gasteiger partial charge on any atom is -0.369 e. The van der Waals surface area contributed by atoms with Crippen molar-refractivity contribution in [3.8, 4) is 0 Å². The van der Waals surface area contributed by atoms with E-state index in [9.17, 15) is 4.79 Å². The average Bonchev–Trinajstić information content (AvgIpc) is 2.41. The molecule has 7 heteroatoms. The molecule has 0 spiro atoms. The van der Waals surface area contributed by atoms with Gasteiger partial charge < -0.3 is 10.6 Å². The molecule has 0 unspecified atom stereocenters. The SMILES string of the molecule is CCNc1ccc(C(=O)Nc2cncnc2)nn1. The van der Waals surface area contributed by atoms with Gasteiger partial charge >= 0.3 is 0 Å². The first-order chi connectivity index (χ1) is 8.79. The summed E-state index contributed by atoms with van der Waals surface area (Å²) in [5.41, 5.74) is 0.751. The molecule has 2 N–H and O–H groups in total. The smallest absolute Gasteiger partial charge is 0.276 e. The van der Waals surface area contributed by atoms with Crippen molar-refractivity contribution >= 4 is 17.4 Å². The standard InChI is InChI=1S/C11H12N6O/c1-2-14-10-4-3-9(16-17-10)11(18)15-8-5-12-7-13-6-8/h3-7H,2H2,1H3,(H,14,17)(H,15,18). The number of hydrogen-bond acceptors (Lipinski definition) is 6. The second kappa shape index (κ2) is 5.67. The van der Waals surface area contributed by atoms with Crippen molar-refractivity contribution in [2.75, 3.05) is 17.2 Å². The first-order valence-corrected chi connectivity index (χ1v) is 5.43. The van der Waals surface area contributed by atoms with Crippen molar-refractivity contribution in [3.05, 3.63) is 36.5 Å². The fraction of sp³-hybridized carbons (Fsp3) is 0.182. The van der Waals surface area contributed by atoms with Crippen molar-refractivity contribution in [2.24, 2.45) is 0 Å². The summed E-state index contributed by atoms with van der Waals surface area (Å²) < 4.78 is 0. The number of hydrogen-bond donors (Lipinski definition) is 2. The number of carbonyl (C=O) groups excluding carboxylic acids is 1. The Bertz CT molecular complexity index is 513. The van der Waals surface area contributed by atoms with Crippen LogP contribution >= 0.6 is 0 Å². The van der Waals surface area contributed by atoms with Crippen LogP contribution in [-0.2, 0) is 0 Å². The lowest BCUT2D eigenvalue weighted by Crippen LogP contribution is -2.15. The van der Waals surface area contributed by atoms with Crippen LogP contribution in [0.15, 0.2) is 30.9 Å². The highest BCUT2D eigenvalue weighted by atomic mass is 16.1. The van der Waals surface area contributed by atoms with E-state index in [-0.39, 0.29) is 11.6 Å². The maximum atomic E-state index is 11.8. The van der Waals surface area contributed by atoms with Gasteiger partial charge in [0.2, 0.25) is 0 Å². The van der Waals surface area contributed by atoms with E-state index in [1.165, 1.54) is 18.7 Å². The number of aromatic nitrogens is 4. The van der Waals surface area contributed by atoms with Gasteiger partial charge in [-0.2, -0.15) is 0 Å². The molecule has 2 aromatic heterocycles. The summed E-state index contributed by atoms with van der Waals surface area (Å²) in [6.07, 6.45) is 4.40. The Kier molecular flexibility index (Phi) is 3.75.